The molecule has 0 bridgehead atoms. The SMILES string of the molecule is N[C@@H]1CC[C@@H](Nc2ncc3cc(-c4ccc(NS(=O)(=O)c5ccccc5Cl)c(F)c4)ccc3n2)C1. The number of nitrogens with zero attached hydrogens (tertiary/aromatic N) is 2. The van der Waals surface area contributed by atoms with Gasteiger partial charge in [0.25, 0.3) is 10.0 Å². The van der Waals surface area contributed by atoms with Gasteiger partial charge in [0.15, 0.2) is 0 Å². The Hall–Kier alpha value is -3.27. The fraction of sp³-hybridized carbons (Fsp3) is 0.200. The van der Waals surface area contributed by atoms with E-state index in [2.05, 4.69) is 20.0 Å². The lowest BCUT2D eigenvalue weighted by Crippen LogP contribution is -2.21. The van der Waals surface area contributed by atoms with Crippen molar-refractivity contribution >= 4 is 44.2 Å². The fourth-order valence-corrected chi connectivity index (χ4v) is 5.84. The molecule has 1 aliphatic rings. The standard InChI is InChI=1S/C25H23ClFN5O2S/c26-20-3-1-2-4-24(20)35(33,34)32-23-10-6-16(12-21(23)27)15-5-9-22-17(11-15)14-29-25(31-22)30-19-8-7-18(28)13-19/h1-6,9-12,14,18-19,32H,7-8,13,28H2,(H,29,30,31)/t18-,19-/m1/s1. The summed E-state index contributed by atoms with van der Waals surface area (Å²) in [6, 6.07) is 16.4. The Balaban J connectivity index is 1.36. The first-order chi connectivity index (χ1) is 16.8. The van der Waals surface area contributed by atoms with E-state index in [0.717, 1.165) is 35.7 Å². The fourth-order valence-electron chi connectivity index (χ4n) is 4.25. The lowest BCUT2D eigenvalue weighted by atomic mass is 10.0. The molecule has 0 unspecified atom stereocenters. The molecule has 4 aromatic rings. The molecule has 1 fully saturated rings. The van der Waals surface area contributed by atoms with Crippen molar-refractivity contribution in [1.29, 1.82) is 0 Å². The highest BCUT2D eigenvalue weighted by Crippen LogP contribution is 2.30. The van der Waals surface area contributed by atoms with Gasteiger partial charge in [0, 0.05) is 23.7 Å². The van der Waals surface area contributed by atoms with Gasteiger partial charge < -0.3 is 11.1 Å². The molecule has 7 nitrogen and oxygen atoms in total. The van der Waals surface area contributed by atoms with Crippen LogP contribution in [0, 0.1) is 5.82 Å². The molecule has 1 saturated carbocycles. The first-order valence-corrected chi connectivity index (χ1v) is 13.0. The molecule has 3 aromatic carbocycles. The van der Waals surface area contributed by atoms with Crippen molar-refractivity contribution < 1.29 is 12.8 Å². The Bertz CT molecular complexity index is 1520. The van der Waals surface area contributed by atoms with Crippen molar-refractivity contribution in [3.8, 4) is 11.1 Å². The number of halogens is 2. The molecule has 1 heterocycles. The normalized spacial score (nSPS) is 18.0. The summed E-state index contributed by atoms with van der Waals surface area (Å²) in [5.41, 5.74) is 7.92. The Morgan fingerprint density at radius 1 is 1.03 bits per heavy atom. The van der Waals surface area contributed by atoms with Gasteiger partial charge in [0.1, 0.15) is 10.7 Å². The average molecular weight is 512 g/mol. The predicted molar refractivity (Wildman–Crippen MR) is 136 cm³/mol. The molecular formula is C25H23ClFN5O2S. The third-order valence-electron chi connectivity index (χ3n) is 6.06. The number of rotatable bonds is 6. The van der Waals surface area contributed by atoms with E-state index in [1.807, 2.05) is 18.2 Å². The van der Waals surface area contributed by atoms with Gasteiger partial charge >= 0.3 is 0 Å². The zero-order valence-electron chi connectivity index (χ0n) is 18.6. The van der Waals surface area contributed by atoms with Gasteiger partial charge in [-0.2, -0.15) is 0 Å². The Kier molecular flexibility index (Phi) is 6.31. The largest absolute Gasteiger partial charge is 0.351 e. The van der Waals surface area contributed by atoms with Crippen LogP contribution in [0.25, 0.3) is 22.0 Å². The maximum Gasteiger partial charge on any atom is 0.263 e. The average Bonchev–Trinajstić information content (AvgIpc) is 3.24. The van der Waals surface area contributed by atoms with E-state index >= 15 is 0 Å². The van der Waals surface area contributed by atoms with Gasteiger partial charge in [-0.05, 0) is 66.8 Å². The Morgan fingerprint density at radius 3 is 2.54 bits per heavy atom. The van der Waals surface area contributed by atoms with Crippen LogP contribution in [-0.2, 0) is 10.0 Å². The van der Waals surface area contributed by atoms with Crippen molar-refractivity contribution in [2.75, 3.05) is 10.0 Å². The van der Waals surface area contributed by atoms with Crippen LogP contribution < -0.4 is 15.8 Å². The molecule has 0 saturated heterocycles. The smallest absolute Gasteiger partial charge is 0.263 e. The first kappa shape index (κ1) is 23.5. The number of fused-ring (bicyclic) bond motifs is 1. The molecular weight excluding hydrogens is 489 g/mol. The van der Waals surface area contributed by atoms with E-state index in [4.69, 9.17) is 17.3 Å². The number of benzene rings is 3. The molecule has 180 valence electrons. The molecule has 0 radical (unpaired) electrons. The van der Waals surface area contributed by atoms with Crippen LogP contribution in [0.5, 0.6) is 0 Å². The third kappa shape index (κ3) is 5.07. The van der Waals surface area contributed by atoms with Crippen molar-refractivity contribution in [3.05, 3.63) is 77.7 Å². The topological polar surface area (TPSA) is 110 Å². The lowest BCUT2D eigenvalue weighted by Gasteiger charge is -2.13. The number of sulfonamides is 1. The monoisotopic (exact) mass is 511 g/mol. The summed E-state index contributed by atoms with van der Waals surface area (Å²) in [4.78, 5) is 8.87. The Morgan fingerprint density at radius 2 is 1.80 bits per heavy atom. The molecule has 1 aromatic heterocycles. The minimum absolute atomic E-state index is 0.0561. The van der Waals surface area contributed by atoms with Crippen molar-refractivity contribution in [1.82, 2.24) is 9.97 Å². The van der Waals surface area contributed by atoms with Crippen LogP contribution in [0.3, 0.4) is 0 Å². The molecule has 0 amide bonds. The summed E-state index contributed by atoms with van der Waals surface area (Å²) in [6.07, 6.45) is 4.62. The summed E-state index contributed by atoms with van der Waals surface area (Å²) >= 11 is 5.99. The van der Waals surface area contributed by atoms with Crippen LogP contribution in [-0.4, -0.2) is 30.5 Å². The van der Waals surface area contributed by atoms with Gasteiger partial charge in [-0.1, -0.05) is 35.9 Å². The van der Waals surface area contributed by atoms with Crippen LogP contribution in [0.1, 0.15) is 19.3 Å². The first-order valence-electron chi connectivity index (χ1n) is 11.1. The van der Waals surface area contributed by atoms with E-state index < -0.39 is 15.8 Å². The third-order valence-corrected chi connectivity index (χ3v) is 7.92. The molecule has 0 aliphatic heterocycles. The molecule has 10 heteroatoms. The second-order valence-corrected chi connectivity index (χ2v) is 10.7. The second-order valence-electron chi connectivity index (χ2n) is 8.61. The van der Waals surface area contributed by atoms with E-state index in [1.54, 1.807) is 24.4 Å². The van der Waals surface area contributed by atoms with Crippen molar-refractivity contribution in [2.24, 2.45) is 5.73 Å². The van der Waals surface area contributed by atoms with Crippen molar-refractivity contribution in [3.63, 3.8) is 0 Å². The highest BCUT2D eigenvalue weighted by molar-refractivity contribution is 7.92. The second kappa shape index (κ2) is 9.41. The highest BCUT2D eigenvalue weighted by Gasteiger charge is 2.22. The number of aromatic nitrogens is 2. The number of nitrogens with two attached hydrogens (primary N) is 1. The summed E-state index contributed by atoms with van der Waals surface area (Å²) in [5, 5.41) is 4.20. The van der Waals surface area contributed by atoms with Gasteiger partial charge in [0.05, 0.1) is 16.2 Å². The van der Waals surface area contributed by atoms with E-state index in [9.17, 15) is 12.8 Å². The quantitative estimate of drug-likeness (QED) is 0.329. The molecule has 1 aliphatic carbocycles. The van der Waals surface area contributed by atoms with Gasteiger partial charge in [-0.25, -0.2) is 22.8 Å². The van der Waals surface area contributed by atoms with Gasteiger partial charge in [0.2, 0.25) is 5.95 Å². The zero-order chi connectivity index (χ0) is 24.6. The van der Waals surface area contributed by atoms with Gasteiger partial charge in [-0.3, -0.25) is 4.72 Å². The van der Waals surface area contributed by atoms with E-state index in [-0.39, 0.29) is 27.7 Å². The summed E-state index contributed by atoms with van der Waals surface area (Å²) in [6.45, 7) is 0. The van der Waals surface area contributed by atoms with Crippen molar-refractivity contribution in [2.45, 2.75) is 36.2 Å². The van der Waals surface area contributed by atoms with E-state index in [1.165, 1.54) is 24.3 Å². The maximum absolute atomic E-state index is 14.9. The van der Waals surface area contributed by atoms with Crippen LogP contribution in [0.4, 0.5) is 16.0 Å². The molecule has 35 heavy (non-hydrogen) atoms. The molecule has 4 N–H and O–H groups in total. The van der Waals surface area contributed by atoms with Gasteiger partial charge in [-0.15, -0.1) is 0 Å². The molecule has 0 spiro atoms. The number of anilines is 2. The summed E-state index contributed by atoms with van der Waals surface area (Å²) in [5.74, 6) is -0.144. The lowest BCUT2D eigenvalue weighted by molar-refractivity contribution is 0.598. The van der Waals surface area contributed by atoms with E-state index in [0.29, 0.717) is 11.5 Å². The van der Waals surface area contributed by atoms with Crippen LogP contribution >= 0.6 is 11.6 Å². The van der Waals surface area contributed by atoms with Crippen LogP contribution in [0.15, 0.2) is 71.8 Å². The minimum Gasteiger partial charge on any atom is -0.351 e. The number of nitrogens with one attached hydrogen (secondary N) is 2. The number of hydrogen-bond donors (Lipinski definition) is 3. The predicted octanol–water partition coefficient (Wildman–Crippen LogP) is 5.18. The Labute approximate surface area is 207 Å². The maximum atomic E-state index is 14.9. The zero-order valence-corrected chi connectivity index (χ0v) is 20.2. The van der Waals surface area contributed by atoms with Crippen LogP contribution in [0.2, 0.25) is 5.02 Å². The number of hydrogen-bond acceptors (Lipinski definition) is 6. The highest BCUT2D eigenvalue weighted by atomic mass is 35.5. The summed E-state index contributed by atoms with van der Waals surface area (Å²) in [7, 11) is -4.04. The molecule has 5 rings (SSSR count). The minimum atomic E-state index is -4.04. The summed E-state index contributed by atoms with van der Waals surface area (Å²) < 4.78 is 42.4. The molecule has 2 atom stereocenters.